The van der Waals surface area contributed by atoms with Gasteiger partial charge in [0, 0.05) is 6.42 Å². The summed E-state index contributed by atoms with van der Waals surface area (Å²) in [5, 5.41) is 8.36. The molecule has 88 valence electrons. The standard InChI is InChI=1S/C6H12N2O6S/c7-3-15(12,13)14-5(9)2-1-4(8)6(10)11/h4H,1-3,7-8H2,(H,10,11)/t4-/m1/s1. The van der Waals surface area contributed by atoms with E-state index in [2.05, 4.69) is 4.18 Å². The van der Waals surface area contributed by atoms with E-state index in [9.17, 15) is 18.0 Å². The lowest BCUT2D eigenvalue weighted by Gasteiger charge is -2.05. The maximum absolute atomic E-state index is 10.8. The minimum absolute atomic E-state index is 0.200. The van der Waals surface area contributed by atoms with Gasteiger partial charge in [0.15, 0.2) is 0 Å². The fourth-order valence-corrected chi connectivity index (χ4v) is 1.05. The van der Waals surface area contributed by atoms with Gasteiger partial charge < -0.3 is 20.8 Å². The highest BCUT2D eigenvalue weighted by atomic mass is 32.2. The van der Waals surface area contributed by atoms with Crippen molar-refractivity contribution >= 4 is 22.1 Å². The average molecular weight is 240 g/mol. The molecule has 5 N–H and O–H groups in total. The quantitative estimate of drug-likeness (QED) is 0.449. The summed E-state index contributed by atoms with van der Waals surface area (Å²) in [6.45, 7) is 0. The zero-order valence-electron chi connectivity index (χ0n) is 7.75. The predicted octanol–water partition coefficient (Wildman–Crippen LogP) is -2.03. The van der Waals surface area contributed by atoms with Crippen LogP contribution < -0.4 is 11.5 Å². The first-order valence-electron chi connectivity index (χ1n) is 3.92. The van der Waals surface area contributed by atoms with Crippen LogP contribution in [-0.2, 0) is 23.9 Å². The van der Waals surface area contributed by atoms with Gasteiger partial charge in [-0.05, 0) is 6.42 Å². The first kappa shape index (κ1) is 13.8. The zero-order valence-corrected chi connectivity index (χ0v) is 8.57. The van der Waals surface area contributed by atoms with E-state index in [0.29, 0.717) is 0 Å². The molecule has 0 bridgehead atoms. The van der Waals surface area contributed by atoms with Crippen LogP contribution in [0.15, 0.2) is 0 Å². The van der Waals surface area contributed by atoms with Gasteiger partial charge in [-0.3, -0.25) is 9.59 Å². The third kappa shape index (κ3) is 5.99. The topological polar surface area (TPSA) is 150 Å². The maximum atomic E-state index is 10.8. The maximum Gasteiger partial charge on any atom is 0.324 e. The number of carboxylic acids is 1. The Bertz CT molecular complexity index is 338. The summed E-state index contributed by atoms with van der Waals surface area (Å²) in [6.07, 6.45) is -0.596. The van der Waals surface area contributed by atoms with Crippen LogP contribution in [0, 0.1) is 0 Å². The Morgan fingerprint density at radius 2 is 1.93 bits per heavy atom. The number of nitrogens with two attached hydrogens (primary N) is 2. The Balaban J connectivity index is 4.02. The Kier molecular flexibility index (Phi) is 5.19. The van der Waals surface area contributed by atoms with Crippen molar-refractivity contribution in [3.63, 3.8) is 0 Å². The molecule has 0 saturated carbocycles. The van der Waals surface area contributed by atoms with Crippen LogP contribution in [0.5, 0.6) is 0 Å². The van der Waals surface area contributed by atoms with Crippen LogP contribution in [0.4, 0.5) is 0 Å². The van der Waals surface area contributed by atoms with E-state index in [1.165, 1.54) is 0 Å². The summed E-state index contributed by atoms with van der Waals surface area (Å²) in [7, 11) is -4.05. The largest absolute Gasteiger partial charge is 0.480 e. The first-order valence-corrected chi connectivity index (χ1v) is 5.49. The SMILES string of the molecule is NCS(=O)(=O)OC(=O)CC[C@@H](N)C(=O)O. The zero-order chi connectivity index (χ0) is 12.1. The molecular weight excluding hydrogens is 228 g/mol. The number of aliphatic carboxylic acids is 1. The lowest BCUT2D eigenvalue weighted by atomic mass is 10.2. The van der Waals surface area contributed by atoms with Crippen molar-refractivity contribution in [1.82, 2.24) is 0 Å². The lowest BCUT2D eigenvalue weighted by Crippen LogP contribution is -2.31. The highest BCUT2D eigenvalue weighted by Crippen LogP contribution is 2.00. The minimum atomic E-state index is -4.05. The first-order chi connectivity index (χ1) is 6.78. The van der Waals surface area contributed by atoms with Crippen molar-refractivity contribution in [2.45, 2.75) is 18.9 Å². The summed E-state index contributed by atoms with van der Waals surface area (Å²) in [5.41, 5.74) is 9.85. The summed E-state index contributed by atoms with van der Waals surface area (Å²) in [4.78, 5) is 21.1. The highest BCUT2D eigenvalue weighted by molar-refractivity contribution is 7.87. The third-order valence-electron chi connectivity index (χ3n) is 1.40. The van der Waals surface area contributed by atoms with Gasteiger partial charge in [0.2, 0.25) is 0 Å². The number of hydrogen-bond acceptors (Lipinski definition) is 7. The summed E-state index contributed by atoms with van der Waals surface area (Å²) >= 11 is 0. The number of carbonyl (C=O) groups is 2. The monoisotopic (exact) mass is 240 g/mol. The van der Waals surface area contributed by atoms with Gasteiger partial charge in [-0.15, -0.1) is 0 Å². The molecule has 0 amide bonds. The Morgan fingerprint density at radius 1 is 1.40 bits per heavy atom. The molecule has 0 rings (SSSR count). The van der Waals surface area contributed by atoms with Crippen LogP contribution >= 0.6 is 0 Å². The molecule has 0 heterocycles. The number of rotatable bonds is 6. The third-order valence-corrected chi connectivity index (χ3v) is 2.25. The second kappa shape index (κ2) is 5.63. The molecule has 9 heteroatoms. The van der Waals surface area contributed by atoms with E-state index in [1.807, 2.05) is 0 Å². The Morgan fingerprint density at radius 3 is 2.33 bits per heavy atom. The van der Waals surface area contributed by atoms with Crippen LogP contribution in [0.2, 0.25) is 0 Å². The van der Waals surface area contributed by atoms with Gasteiger partial charge in [-0.2, -0.15) is 8.42 Å². The van der Waals surface area contributed by atoms with E-state index < -0.39 is 40.4 Å². The molecule has 0 radical (unpaired) electrons. The molecule has 1 atom stereocenters. The summed E-state index contributed by atoms with van der Waals surface area (Å²) in [5.74, 6) is -3.16. The van der Waals surface area contributed by atoms with Gasteiger partial charge in [0.1, 0.15) is 11.9 Å². The minimum Gasteiger partial charge on any atom is -0.480 e. The van der Waals surface area contributed by atoms with Crippen molar-refractivity contribution in [1.29, 1.82) is 0 Å². The Hall–Kier alpha value is -1.19. The highest BCUT2D eigenvalue weighted by Gasteiger charge is 2.18. The van der Waals surface area contributed by atoms with Gasteiger partial charge in [0.05, 0.1) is 0 Å². The molecule has 8 nitrogen and oxygen atoms in total. The molecule has 0 unspecified atom stereocenters. The summed E-state index contributed by atoms with van der Waals surface area (Å²) in [6, 6.07) is -1.22. The lowest BCUT2D eigenvalue weighted by molar-refractivity contribution is -0.139. The number of hydrogen-bond donors (Lipinski definition) is 3. The van der Waals surface area contributed by atoms with E-state index >= 15 is 0 Å². The Labute approximate surface area is 86.3 Å². The molecule has 0 aromatic heterocycles. The van der Waals surface area contributed by atoms with Crippen molar-refractivity contribution in [2.24, 2.45) is 11.5 Å². The van der Waals surface area contributed by atoms with E-state index in [-0.39, 0.29) is 6.42 Å². The fourth-order valence-electron chi connectivity index (χ4n) is 0.614. The van der Waals surface area contributed by atoms with Crippen LogP contribution in [0.1, 0.15) is 12.8 Å². The molecule has 0 aliphatic heterocycles. The molecule has 0 aromatic carbocycles. The van der Waals surface area contributed by atoms with Crippen molar-refractivity contribution < 1.29 is 27.3 Å². The second-order valence-electron chi connectivity index (χ2n) is 2.66. The van der Waals surface area contributed by atoms with Gasteiger partial charge >= 0.3 is 22.1 Å². The van der Waals surface area contributed by atoms with Crippen LogP contribution in [0.25, 0.3) is 0 Å². The molecule has 0 saturated heterocycles. The molecule has 0 aliphatic carbocycles. The van der Waals surface area contributed by atoms with E-state index in [1.54, 1.807) is 0 Å². The average Bonchev–Trinajstić information content (AvgIpc) is 2.13. The number of carboxylic acid groups (broad SMARTS) is 1. The molecule has 0 spiro atoms. The van der Waals surface area contributed by atoms with Gasteiger partial charge in [-0.25, -0.2) is 0 Å². The smallest absolute Gasteiger partial charge is 0.324 e. The van der Waals surface area contributed by atoms with Crippen molar-refractivity contribution in [3.05, 3.63) is 0 Å². The molecule has 15 heavy (non-hydrogen) atoms. The van der Waals surface area contributed by atoms with Crippen molar-refractivity contribution in [3.8, 4) is 0 Å². The molecular formula is C6H12N2O6S. The van der Waals surface area contributed by atoms with Crippen LogP contribution in [-0.4, -0.2) is 37.4 Å². The molecule has 0 fully saturated rings. The van der Waals surface area contributed by atoms with E-state index in [0.717, 1.165) is 0 Å². The summed E-state index contributed by atoms with van der Waals surface area (Å²) < 4.78 is 25.3. The molecule has 0 aliphatic rings. The van der Waals surface area contributed by atoms with Crippen molar-refractivity contribution in [2.75, 3.05) is 5.88 Å². The van der Waals surface area contributed by atoms with Crippen LogP contribution in [0.3, 0.4) is 0 Å². The molecule has 0 aromatic rings. The predicted molar refractivity (Wildman–Crippen MR) is 48.9 cm³/mol. The normalized spacial score (nSPS) is 13.2. The van der Waals surface area contributed by atoms with Gasteiger partial charge in [-0.1, -0.05) is 0 Å². The van der Waals surface area contributed by atoms with Gasteiger partial charge in [0.25, 0.3) is 0 Å². The second-order valence-corrected chi connectivity index (χ2v) is 4.28. The fraction of sp³-hybridized carbons (Fsp3) is 0.667. The van der Waals surface area contributed by atoms with E-state index in [4.69, 9.17) is 16.6 Å². The number of carbonyl (C=O) groups excluding carboxylic acids is 1.